The van der Waals surface area contributed by atoms with E-state index in [4.69, 9.17) is 0 Å². The maximum atomic E-state index is 12.9. The van der Waals surface area contributed by atoms with Crippen molar-refractivity contribution in [2.45, 2.75) is 50.9 Å². The van der Waals surface area contributed by atoms with Crippen molar-refractivity contribution in [3.63, 3.8) is 0 Å². The van der Waals surface area contributed by atoms with Gasteiger partial charge in [-0.2, -0.15) is 13.2 Å². The zero-order valence-electron chi connectivity index (χ0n) is 10.4. The molecule has 0 saturated heterocycles. The van der Waals surface area contributed by atoms with Crippen molar-refractivity contribution in [1.82, 2.24) is 5.32 Å². The monoisotopic (exact) mass is 257 g/mol. The largest absolute Gasteiger partial charge is 0.416 e. The fourth-order valence-electron chi connectivity index (χ4n) is 2.67. The first kappa shape index (κ1) is 13.4. The van der Waals surface area contributed by atoms with Crippen LogP contribution in [0.15, 0.2) is 24.3 Å². The second-order valence-electron chi connectivity index (χ2n) is 4.95. The van der Waals surface area contributed by atoms with Crippen LogP contribution >= 0.6 is 0 Å². The molecular formula is C14H18F3N. The van der Waals surface area contributed by atoms with Gasteiger partial charge < -0.3 is 5.32 Å². The molecule has 2 rings (SSSR count). The van der Waals surface area contributed by atoms with Crippen molar-refractivity contribution >= 4 is 0 Å². The Morgan fingerprint density at radius 3 is 2.39 bits per heavy atom. The second kappa shape index (κ2) is 5.31. The molecule has 0 bridgehead atoms. The number of nitrogens with one attached hydrogen (secondary N) is 1. The summed E-state index contributed by atoms with van der Waals surface area (Å²) in [6.45, 7) is 1.81. The highest BCUT2D eigenvalue weighted by Crippen LogP contribution is 2.35. The van der Waals surface area contributed by atoms with E-state index in [0.29, 0.717) is 11.6 Å². The van der Waals surface area contributed by atoms with Gasteiger partial charge in [-0.05, 0) is 31.4 Å². The summed E-state index contributed by atoms with van der Waals surface area (Å²) in [7, 11) is 0. The molecule has 1 aliphatic rings. The van der Waals surface area contributed by atoms with Crippen molar-refractivity contribution in [2.75, 3.05) is 0 Å². The summed E-state index contributed by atoms with van der Waals surface area (Å²) in [6.07, 6.45) is 0.204. The molecule has 0 spiro atoms. The molecule has 1 saturated carbocycles. The molecule has 1 aromatic rings. The van der Waals surface area contributed by atoms with Gasteiger partial charge in [0, 0.05) is 12.1 Å². The van der Waals surface area contributed by atoms with Crippen LogP contribution in [0.5, 0.6) is 0 Å². The number of rotatable bonds is 3. The van der Waals surface area contributed by atoms with Gasteiger partial charge in [0.05, 0.1) is 5.56 Å². The molecule has 0 heterocycles. The molecule has 0 aromatic heterocycles. The molecule has 1 fully saturated rings. The Kier molecular flexibility index (Phi) is 3.95. The molecule has 1 atom stereocenters. The molecule has 18 heavy (non-hydrogen) atoms. The molecule has 100 valence electrons. The smallest absolute Gasteiger partial charge is 0.307 e. The molecule has 1 nitrogen and oxygen atoms in total. The minimum atomic E-state index is -4.28. The number of alkyl halides is 3. The van der Waals surface area contributed by atoms with E-state index in [0.717, 1.165) is 18.9 Å². The summed E-state index contributed by atoms with van der Waals surface area (Å²) >= 11 is 0. The maximum absolute atomic E-state index is 12.9. The van der Waals surface area contributed by atoms with Gasteiger partial charge in [0.15, 0.2) is 0 Å². The molecule has 4 heteroatoms. The molecule has 1 aliphatic carbocycles. The maximum Gasteiger partial charge on any atom is 0.416 e. The molecule has 1 unspecified atom stereocenters. The van der Waals surface area contributed by atoms with Crippen molar-refractivity contribution in [3.8, 4) is 0 Å². The first-order valence-corrected chi connectivity index (χ1v) is 6.40. The summed E-state index contributed by atoms with van der Waals surface area (Å²) in [5.74, 6) is 0. The number of halogens is 3. The zero-order chi connectivity index (χ0) is 13.2. The Labute approximate surface area is 105 Å². The molecule has 1 aromatic carbocycles. The third-order valence-electron chi connectivity index (χ3n) is 3.57. The molecular weight excluding hydrogens is 239 g/mol. The lowest BCUT2D eigenvalue weighted by Crippen LogP contribution is -2.30. The van der Waals surface area contributed by atoms with Gasteiger partial charge in [-0.25, -0.2) is 0 Å². The molecule has 0 amide bonds. The summed E-state index contributed by atoms with van der Waals surface area (Å²) in [5.41, 5.74) is -0.181. The number of hydrogen-bond donors (Lipinski definition) is 1. The van der Waals surface area contributed by atoms with Crippen LogP contribution in [0.25, 0.3) is 0 Å². The van der Waals surface area contributed by atoms with Crippen molar-refractivity contribution in [3.05, 3.63) is 35.4 Å². The van der Waals surface area contributed by atoms with Crippen LogP contribution in [0.1, 0.15) is 49.8 Å². The average molecular weight is 257 g/mol. The van der Waals surface area contributed by atoms with Gasteiger partial charge in [-0.15, -0.1) is 0 Å². The SMILES string of the molecule is CC(NC1CCCC1)c1ccccc1C(F)(F)F. The lowest BCUT2D eigenvalue weighted by Gasteiger charge is -2.22. The Balaban J connectivity index is 2.16. The van der Waals surface area contributed by atoms with E-state index >= 15 is 0 Å². The Morgan fingerprint density at radius 2 is 1.78 bits per heavy atom. The molecule has 0 aliphatic heterocycles. The first-order chi connectivity index (χ1) is 8.48. The lowest BCUT2D eigenvalue weighted by molar-refractivity contribution is -0.138. The number of benzene rings is 1. The van der Waals surface area contributed by atoms with E-state index < -0.39 is 11.7 Å². The zero-order valence-corrected chi connectivity index (χ0v) is 10.4. The third kappa shape index (κ3) is 3.05. The van der Waals surface area contributed by atoms with Crippen LogP contribution < -0.4 is 5.32 Å². The van der Waals surface area contributed by atoms with Crippen LogP contribution in [-0.2, 0) is 6.18 Å². The Morgan fingerprint density at radius 1 is 1.17 bits per heavy atom. The van der Waals surface area contributed by atoms with E-state index in [2.05, 4.69) is 5.32 Å². The lowest BCUT2D eigenvalue weighted by atomic mass is 10.00. The van der Waals surface area contributed by atoms with E-state index in [1.54, 1.807) is 12.1 Å². The molecule has 0 radical (unpaired) electrons. The predicted molar refractivity (Wildman–Crippen MR) is 65.3 cm³/mol. The van der Waals surface area contributed by atoms with Gasteiger partial charge in [0.1, 0.15) is 0 Å². The van der Waals surface area contributed by atoms with Crippen LogP contribution in [0.4, 0.5) is 13.2 Å². The third-order valence-corrected chi connectivity index (χ3v) is 3.57. The minimum absolute atomic E-state index is 0.258. The average Bonchev–Trinajstić information content (AvgIpc) is 2.80. The van der Waals surface area contributed by atoms with E-state index in [-0.39, 0.29) is 6.04 Å². The van der Waals surface area contributed by atoms with Gasteiger partial charge in [0.2, 0.25) is 0 Å². The predicted octanol–water partition coefficient (Wildman–Crippen LogP) is 4.30. The highest BCUT2D eigenvalue weighted by Gasteiger charge is 2.34. The first-order valence-electron chi connectivity index (χ1n) is 6.40. The minimum Gasteiger partial charge on any atom is -0.307 e. The Hall–Kier alpha value is -1.03. The highest BCUT2D eigenvalue weighted by atomic mass is 19.4. The fourth-order valence-corrected chi connectivity index (χ4v) is 2.67. The van der Waals surface area contributed by atoms with Crippen molar-refractivity contribution in [1.29, 1.82) is 0 Å². The highest BCUT2D eigenvalue weighted by molar-refractivity contribution is 5.32. The second-order valence-corrected chi connectivity index (χ2v) is 4.95. The van der Waals surface area contributed by atoms with Crippen LogP contribution in [0.2, 0.25) is 0 Å². The van der Waals surface area contributed by atoms with Crippen molar-refractivity contribution in [2.24, 2.45) is 0 Å². The van der Waals surface area contributed by atoms with Gasteiger partial charge >= 0.3 is 6.18 Å². The van der Waals surface area contributed by atoms with E-state index in [1.807, 2.05) is 6.92 Å². The Bertz CT molecular complexity index is 394. The quantitative estimate of drug-likeness (QED) is 0.851. The van der Waals surface area contributed by atoms with Crippen LogP contribution in [0.3, 0.4) is 0 Å². The summed E-state index contributed by atoms with van der Waals surface area (Å²) < 4.78 is 38.7. The van der Waals surface area contributed by atoms with Crippen LogP contribution in [0, 0.1) is 0 Å². The van der Waals surface area contributed by atoms with E-state index in [9.17, 15) is 13.2 Å². The standard InChI is InChI=1S/C14H18F3N/c1-10(18-11-6-2-3-7-11)12-8-4-5-9-13(12)14(15,16)17/h4-5,8-11,18H,2-3,6-7H2,1H3. The normalized spacial score (nSPS) is 19.1. The summed E-state index contributed by atoms with van der Waals surface area (Å²) in [5, 5.41) is 3.31. The molecule has 1 N–H and O–H groups in total. The topological polar surface area (TPSA) is 12.0 Å². The summed E-state index contributed by atoms with van der Waals surface area (Å²) in [6, 6.07) is 5.93. The van der Waals surface area contributed by atoms with Gasteiger partial charge in [-0.3, -0.25) is 0 Å². The van der Waals surface area contributed by atoms with Gasteiger partial charge in [0.25, 0.3) is 0 Å². The van der Waals surface area contributed by atoms with E-state index in [1.165, 1.54) is 18.9 Å². The van der Waals surface area contributed by atoms with Crippen molar-refractivity contribution < 1.29 is 13.2 Å². The number of hydrogen-bond acceptors (Lipinski definition) is 1. The fraction of sp³-hybridized carbons (Fsp3) is 0.571. The van der Waals surface area contributed by atoms with Gasteiger partial charge in [-0.1, -0.05) is 31.0 Å². The summed E-state index contributed by atoms with van der Waals surface area (Å²) in [4.78, 5) is 0. The van der Waals surface area contributed by atoms with Crippen LogP contribution in [-0.4, -0.2) is 6.04 Å².